The number of rotatable bonds is 18. The highest BCUT2D eigenvalue weighted by atomic mass is 32.1. The minimum Gasteiger partial charge on any atom is -0.480 e. The van der Waals surface area contributed by atoms with Crippen molar-refractivity contribution in [3.63, 3.8) is 0 Å². The monoisotopic (exact) mass is 661 g/mol. The third-order valence-corrected chi connectivity index (χ3v) is 8.53. The SMILES string of the molecule is CC[C@H](C)[C@H](NC(=O)[C@@H](N)CS)C(=O)N[C@@H](CC(N)=O)C(=O)N1CCC[C@H]1C(=O)N[C@H](C(=O)N[C@@H](CS)C(=O)O)[C@@H](C)CC. The van der Waals surface area contributed by atoms with Crippen molar-refractivity contribution in [2.24, 2.45) is 23.3 Å². The fraction of sp³-hybridized carbons (Fsp3) is 0.741. The molecule has 0 radical (unpaired) electrons. The predicted molar refractivity (Wildman–Crippen MR) is 168 cm³/mol. The molecule has 0 unspecified atom stereocenters. The summed E-state index contributed by atoms with van der Waals surface area (Å²) in [6.07, 6.45) is 1.07. The first kappa shape index (κ1) is 39.0. The van der Waals surface area contributed by atoms with Crippen LogP contribution in [0.4, 0.5) is 0 Å². The smallest absolute Gasteiger partial charge is 0.327 e. The second-order valence-corrected chi connectivity index (χ2v) is 11.8. The standard InChI is InChI=1S/C27H47N7O8S2/c1-5-13(3)20(32-22(36)15(28)11-43)24(38)30-16(10-19(29)35)26(40)34-9-7-8-18(34)23(37)33-21(14(4)6-2)25(39)31-17(12-44)27(41)42/h13-18,20-21,43-44H,5-12,28H2,1-4H3,(H2,29,35)(H,30,38)(H,31,39)(H,32,36)(H,33,37)(H,41,42)/t13-,14-,15-,16-,17-,18-,20-,21-/m0/s1. The van der Waals surface area contributed by atoms with Gasteiger partial charge in [-0.15, -0.1) is 0 Å². The van der Waals surface area contributed by atoms with Crippen LogP contribution in [0.5, 0.6) is 0 Å². The summed E-state index contributed by atoms with van der Waals surface area (Å²) in [5.74, 6) is -6.47. The number of nitrogens with two attached hydrogens (primary N) is 2. The van der Waals surface area contributed by atoms with Crippen LogP contribution in [0.15, 0.2) is 0 Å². The first-order chi connectivity index (χ1) is 20.6. The lowest BCUT2D eigenvalue weighted by Crippen LogP contribution is -2.61. The zero-order valence-electron chi connectivity index (χ0n) is 25.6. The van der Waals surface area contributed by atoms with E-state index in [1.54, 1.807) is 20.8 Å². The molecule has 1 fully saturated rings. The Labute approximate surface area is 268 Å². The summed E-state index contributed by atoms with van der Waals surface area (Å²) in [4.78, 5) is 90.4. The minimum absolute atomic E-state index is 0.0385. The summed E-state index contributed by atoms with van der Waals surface area (Å²) < 4.78 is 0. The van der Waals surface area contributed by atoms with Crippen LogP contribution in [0.3, 0.4) is 0 Å². The summed E-state index contributed by atoms with van der Waals surface area (Å²) in [5.41, 5.74) is 11.1. The van der Waals surface area contributed by atoms with Gasteiger partial charge in [0.1, 0.15) is 30.2 Å². The van der Waals surface area contributed by atoms with E-state index in [9.17, 15) is 38.7 Å². The van der Waals surface area contributed by atoms with Gasteiger partial charge in [-0.1, -0.05) is 40.5 Å². The average Bonchev–Trinajstić information content (AvgIpc) is 3.48. The number of nitrogens with zero attached hydrogens (tertiary/aromatic N) is 1. The molecule has 17 heteroatoms. The van der Waals surface area contributed by atoms with Gasteiger partial charge in [0, 0.05) is 18.1 Å². The number of amides is 6. The Kier molecular flexibility index (Phi) is 16.6. The molecule has 9 N–H and O–H groups in total. The Morgan fingerprint density at radius 1 is 0.841 bits per heavy atom. The van der Waals surface area contributed by atoms with Gasteiger partial charge in [0.2, 0.25) is 35.4 Å². The molecule has 0 aromatic rings. The van der Waals surface area contributed by atoms with Crippen molar-refractivity contribution in [2.45, 2.75) is 96.1 Å². The third-order valence-electron chi connectivity index (χ3n) is 7.78. The number of carbonyl (C=O) groups is 7. The number of hydrogen-bond donors (Lipinski definition) is 9. The minimum atomic E-state index is -1.43. The van der Waals surface area contributed by atoms with Gasteiger partial charge in [0.05, 0.1) is 12.5 Å². The van der Waals surface area contributed by atoms with Gasteiger partial charge >= 0.3 is 5.97 Å². The van der Waals surface area contributed by atoms with Crippen LogP contribution in [0.1, 0.15) is 59.8 Å². The van der Waals surface area contributed by atoms with Gasteiger partial charge < -0.3 is 42.7 Å². The summed E-state index contributed by atoms with van der Waals surface area (Å²) in [5, 5.41) is 19.4. The number of carboxylic acid groups (broad SMARTS) is 1. The normalized spacial score (nSPS) is 19.3. The quantitative estimate of drug-likeness (QED) is 0.0748. The summed E-state index contributed by atoms with van der Waals surface area (Å²) in [7, 11) is 0. The predicted octanol–water partition coefficient (Wildman–Crippen LogP) is -1.84. The van der Waals surface area contributed by atoms with Gasteiger partial charge in [0.25, 0.3) is 0 Å². The van der Waals surface area contributed by atoms with E-state index in [4.69, 9.17) is 11.5 Å². The van der Waals surface area contributed by atoms with E-state index in [1.807, 2.05) is 6.92 Å². The van der Waals surface area contributed by atoms with Gasteiger partial charge in [-0.3, -0.25) is 28.8 Å². The maximum Gasteiger partial charge on any atom is 0.327 e. The maximum atomic E-state index is 13.7. The molecule has 1 aliphatic rings. The molecule has 0 aromatic heterocycles. The van der Waals surface area contributed by atoms with Crippen LogP contribution >= 0.6 is 25.3 Å². The fourth-order valence-corrected chi connectivity index (χ4v) is 5.02. The van der Waals surface area contributed by atoms with Crippen LogP contribution in [-0.2, 0) is 33.6 Å². The molecule has 0 aromatic carbocycles. The van der Waals surface area contributed by atoms with Crippen molar-refractivity contribution in [3.05, 3.63) is 0 Å². The fourth-order valence-electron chi connectivity index (χ4n) is 4.61. The van der Waals surface area contributed by atoms with Crippen LogP contribution in [-0.4, -0.2) is 106 Å². The topological polar surface area (TPSA) is 243 Å². The van der Waals surface area contributed by atoms with Crippen molar-refractivity contribution in [2.75, 3.05) is 18.1 Å². The lowest BCUT2D eigenvalue weighted by Gasteiger charge is -2.32. The Balaban J connectivity index is 3.20. The Morgan fingerprint density at radius 2 is 1.36 bits per heavy atom. The molecule has 0 spiro atoms. The van der Waals surface area contributed by atoms with E-state index in [0.717, 1.165) is 0 Å². The van der Waals surface area contributed by atoms with Crippen LogP contribution in [0.2, 0.25) is 0 Å². The van der Waals surface area contributed by atoms with E-state index in [0.29, 0.717) is 19.3 Å². The molecule has 250 valence electrons. The molecule has 0 aliphatic carbocycles. The summed E-state index contributed by atoms with van der Waals surface area (Å²) in [6.45, 7) is 7.18. The number of primary amides is 1. The van der Waals surface area contributed by atoms with E-state index in [-0.39, 0.29) is 36.3 Å². The number of aliphatic carboxylic acids is 1. The molecular formula is C27H47N7O8S2. The Morgan fingerprint density at radius 3 is 1.82 bits per heavy atom. The molecule has 44 heavy (non-hydrogen) atoms. The van der Waals surface area contributed by atoms with Gasteiger partial charge in [-0.25, -0.2) is 4.79 Å². The van der Waals surface area contributed by atoms with Crippen molar-refractivity contribution in [3.8, 4) is 0 Å². The van der Waals surface area contributed by atoms with Gasteiger partial charge in [-0.05, 0) is 24.7 Å². The van der Waals surface area contributed by atoms with E-state index in [1.165, 1.54) is 4.90 Å². The largest absolute Gasteiger partial charge is 0.480 e. The molecule has 8 atom stereocenters. The molecule has 6 amide bonds. The number of hydrogen-bond acceptors (Lipinski definition) is 10. The molecular weight excluding hydrogens is 614 g/mol. The van der Waals surface area contributed by atoms with Crippen molar-refractivity contribution in [1.82, 2.24) is 26.2 Å². The van der Waals surface area contributed by atoms with Crippen molar-refractivity contribution >= 4 is 66.7 Å². The molecule has 0 bridgehead atoms. The number of thiol groups is 2. The molecule has 15 nitrogen and oxygen atoms in total. The van der Waals surface area contributed by atoms with E-state index < -0.39 is 84.1 Å². The number of nitrogens with one attached hydrogen (secondary N) is 4. The highest BCUT2D eigenvalue weighted by molar-refractivity contribution is 7.80. The average molecular weight is 662 g/mol. The zero-order valence-corrected chi connectivity index (χ0v) is 27.4. The zero-order chi connectivity index (χ0) is 33.7. The summed E-state index contributed by atoms with van der Waals surface area (Å²) >= 11 is 7.96. The first-order valence-corrected chi connectivity index (χ1v) is 15.9. The lowest BCUT2D eigenvalue weighted by molar-refractivity contribution is -0.144. The Bertz CT molecular complexity index is 1070. The molecule has 1 heterocycles. The Hall–Kier alpha value is -3.05. The molecule has 1 aliphatic heterocycles. The second kappa shape index (κ2) is 18.7. The van der Waals surface area contributed by atoms with Crippen LogP contribution in [0, 0.1) is 11.8 Å². The van der Waals surface area contributed by atoms with Crippen molar-refractivity contribution < 1.29 is 38.7 Å². The lowest BCUT2D eigenvalue weighted by atomic mass is 9.97. The van der Waals surface area contributed by atoms with Gasteiger partial charge in [-0.2, -0.15) is 25.3 Å². The number of carboxylic acids is 1. The number of carbonyl (C=O) groups excluding carboxylic acids is 6. The second-order valence-electron chi connectivity index (χ2n) is 11.0. The highest BCUT2D eigenvalue weighted by Crippen LogP contribution is 2.21. The van der Waals surface area contributed by atoms with Gasteiger partial charge in [0.15, 0.2) is 0 Å². The third kappa shape index (κ3) is 11.1. The van der Waals surface area contributed by atoms with Crippen molar-refractivity contribution in [1.29, 1.82) is 0 Å². The maximum absolute atomic E-state index is 13.7. The molecule has 1 saturated heterocycles. The molecule has 1 rings (SSSR count). The molecule has 0 saturated carbocycles. The number of likely N-dealkylation sites (tertiary alicyclic amines) is 1. The summed E-state index contributed by atoms with van der Waals surface area (Å²) in [6, 6.07) is -6.89. The van der Waals surface area contributed by atoms with E-state index in [2.05, 4.69) is 46.5 Å². The highest BCUT2D eigenvalue weighted by Gasteiger charge is 2.41. The van der Waals surface area contributed by atoms with Crippen LogP contribution in [0.25, 0.3) is 0 Å². The van der Waals surface area contributed by atoms with Crippen LogP contribution < -0.4 is 32.7 Å². The van der Waals surface area contributed by atoms with E-state index >= 15 is 0 Å². The first-order valence-electron chi connectivity index (χ1n) is 14.6.